The van der Waals surface area contributed by atoms with Gasteiger partial charge < -0.3 is 30.3 Å². The van der Waals surface area contributed by atoms with Crippen LogP contribution < -0.4 is 16.0 Å². The molecule has 0 fully saturated rings. The molecule has 0 heterocycles. The van der Waals surface area contributed by atoms with E-state index in [1.165, 1.54) is 84.0 Å². The molecule has 306 valence electrons. The number of unbranched alkanes of at least 4 members (excludes halogenated alkanes) is 14. The van der Waals surface area contributed by atoms with Gasteiger partial charge in [-0.05, 0) is 25.7 Å². The second-order valence-electron chi connectivity index (χ2n) is 13.1. The largest absolute Gasteiger partial charge is 0.472 e. The van der Waals surface area contributed by atoms with Crippen molar-refractivity contribution in [1.82, 2.24) is 16.0 Å². The lowest BCUT2D eigenvalue weighted by molar-refractivity contribution is -0.191. The molecule has 4 atom stereocenters. The van der Waals surface area contributed by atoms with Crippen molar-refractivity contribution in [1.29, 1.82) is 0 Å². The summed E-state index contributed by atoms with van der Waals surface area (Å²) in [5, 5.41) is 8.00. The first-order chi connectivity index (χ1) is 25.0. The zero-order chi connectivity index (χ0) is 39.3. The Morgan fingerprint density at radius 2 is 1.27 bits per heavy atom. The van der Waals surface area contributed by atoms with E-state index in [1.54, 1.807) is 14.0 Å². The number of ether oxygens (including phenoxy) is 2. The molecule has 0 radical (unpaired) electrons. The molecule has 4 N–H and O–H groups in total. The summed E-state index contributed by atoms with van der Waals surface area (Å²) >= 11 is 0. The summed E-state index contributed by atoms with van der Waals surface area (Å²) in [6.07, 6.45) is 21.9. The molecule has 15 heteroatoms. The summed E-state index contributed by atoms with van der Waals surface area (Å²) < 4.78 is 34.3. The summed E-state index contributed by atoms with van der Waals surface area (Å²) in [4.78, 5) is 62.7. The Morgan fingerprint density at radius 3 is 1.79 bits per heavy atom. The molecular weight excluding hydrogens is 693 g/mol. The molecule has 1 unspecified atom stereocenters. The van der Waals surface area contributed by atoms with Gasteiger partial charge in [0.2, 0.25) is 17.7 Å². The molecule has 0 spiro atoms. The highest BCUT2D eigenvalue weighted by Gasteiger charge is 2.25. The van der Waals surface area contributed by atoms with E-state index in [4.69, 9.17) is 28.1 Å². The Morgan fingerprint density at radius 1 is 0.731 bits per heavy atom. The standard InChI is InChI=1S/C36H72N3O9P.CO2/c1-6-9-11-13-14-15-16-17-18-20-22-24-35(41)39-32(29-46-27-25-33(45-5)23-21-19-12-10-7-2)30-48-49(43,44)47-28-26-37-36(42)34(8-3)38-31(4)40;2-1-3/h32-34H,6-30H2,1-5H3,(H,37,42)(H,38,40)(H,39,41)(H,43,44);/t32-,33-,34+;/m1./s1. The second-order valence-corrected chi connectivity index (χ2v) is 14.6. The van der Waals surface area contributed by atoms with Gasteiger partial charge in [-0.3, -0.25) is 23.4 Å². The molecule has 0 aliphatic rings. The number of hydrogen-bond acceptors (Lipinski definition) is 10. The fourth-order valence-electron chi connectivity index (χ4n) is 5.46. The van der Waals surface area contributed by atoms with Crippen LogP contribution in [0.5, 0.6) is 0 Å². The van der Waals surface area contributed by atoms with Crippen molar-refractivity contribution < 1.29 is 52.0 Å². The van der Waals surface area contributed by atoms with Gasteiger partial charge in [0.25, 0.3) is 0 Å². The lowest BCUT2D eigenvalue weighted by Gasteiger charge is -2.22. The average Bonchev–Trinajstić information content (AvgIpc) is 3.11. The van der Waals surface area contributed by atoms with Gasteiger partial charge in [-0.25, -0.2) is 4.57 Å². The van der Waals surface area contributed by atoms with Crippen LogP contribution in [0.3, 0.4) is 0 Å². The van der Waals surface area contributed by atoms with E-state index in [1.807, 2.05) is 0 Å². The molecule has 0 saturated carbocycles. The van der Waals surface area contributed by atoms with Gasteiger partial charge in [-0.1, -0.05) is 117 Å². The van der Waals surface area contributed by atoms with Crippen molar-refractivity contribution in [3.05, 3.63) is 0 Å². The number of carbonyl (C=O) groups is 3. The fourth-order valence-corrected chi connectivity index (χ4v) is 6.22. The number of methoxy groups -OCH3 is 1. The molecule has 52 heavy (non-hydrogen) atoms. The van der Waals surface area contributed by atoms with Crippen molar-refractivity contribution in [2.45, 2.75) is 174 Å². The van der Waals surface area contributed by atoms with E-state index < -0.39 is 25.8 Å². The minimum Gasteiger partial charge on any atom is -0.381 e. The van der Waals surface area contributed by atoms with Crippen molar-refractivity contribution >= 4 is 31.7 Å². The zero-order valence-corrected chi connectivity index (χ0v) is 33.8. The monoisotopic (exact) mass is 765 g/mol. The minimum absolute atomic E-state index is 0.0513. The predicted octanol–water partition coefficient (Wildman–Crippen LogP) is 6.54. The first-order valence-corrected chi connectivity index (χ1v) is 21.0. The van der Waals surface area contributed by atoms with Crippen LogP contribution in [-0.2, 0) is 47.1 Å². The lowest BCUT2D eigenvalue weighted by Crippen LogP contribution is -2.46. The van der Waals surface area contributed by atoms with Crippen molar-refractivity contribution in [3.63, 3.8) is 0 Å². The molecule has 0 aromatic rings. The Hall–Kier alpha value is -2.18. The second kappa shape index (κ2) is 37.1. The van der Waals surface area contributed by atoms with Crippen molar-refractivity contribution in [2.24, 2.45) is 0 Å². The van der Waals surface area contributed by atoms with Gasteiger partial charge >= 0.3 is 14.0 Å². The van der Waals surface area contributed by atoms with Crippen LogP contribution in [0.15, 0.2) is 0 Å². The van der Waals surface area contributed by atoms with Crippen LogP contribution in [0, 0.1) is 0 Å². The van der Waals surface area contributed by atoms with Gasteiger partial charge in [0.1, 0.15) is 6.04 Å². The summed E-state index contributed by atoms with van der Waals surface area (Å²) in [6.45, 7) is 7.43. The molecule has 0 bridgehead atoms. The number of phosphoric acid groups is 1. The molecule has 0 aromatic carbocycles. The maximum absolute atomic E-state index is 12.8. The molecule has 14 nitrogen and oxygen atoms in total. The highest BCUT2D eigenvalue weighted by Crippen LogP contribution is 2.42. The van der Waals surface area contributed by atoms with E-state index in [0.29, 0.717) is 25.9 Å². The maximum Gasteiger partial charge on any atom is 0.472 e. The van der Waals surface area contributed by atoms with Crippen LogP contribution >= 0.6 is 7.82 Å². The van der Waals surface area contributed by atoms with Crippen LogP contribution in [0.25, 0.3) is 0 Å². The Labute approximate surface area is 313 Å². The van der Waals surface area contributed by atoms with Crippen molar-refractivity contribution in [3.8, 4) is 0 Å². The third kappa shape index (κ3) is 34.9. The van der Waals surface area contributed by atoms with Crippen molar-refractivity contribution in [2.75, 3.05) is 40.1 Å². The quantitative estimate of drug-likeness (QED) is 0.0404. The molecular formula is C37H72N3O11P. The third-order valence-electron chi connectivity index (χ3n) is 8.44. The summed E-state index contributed by atoms with van der Waals surface area (Å²) in [5.74, 6) is -0.900. The predicted molar refractivity (Wildman–Crippen MR) is 200 cm³/mol. The molecule has 0 aliphatic carbocycles. The summed E-state index contributed by atoms with van der Waals surface area (Å²) in [5.41, 5.74) is 0. The SMILES string of the molecule is CCCCCCCCCCCCCC(=O)N[C@H](COCC[C@@H](CCCCCCC)OC)COP(=O)(O)OCCNC(=O)[C@H](CC)NC(C)=O.O=C=O. The molecule has 0 rings (SSSR count). The summed E-state index contributed by atoms with van der Waals surface area (Å²) in [6, 6.07) is -1.35. The van der Waals surface area contributed by atoms with E-state index in [0.717, 1.165) is 32.1 Å². The minimum atomic E-state index is -4.48. The normalized spacial score (nSPS) is 13.8. The Kier molecular flexibility index (Phi) is 37.1. The Bertz CT molecular complexity index is 967. The Balaban J connectivity index is 0. The maximum atomic E-state index is 12.8. The highest BCUT2D eigenvalue weighted by molar-refractivity contribution is 7.47. The topological polar surface area (TPSA) is 196 Å². The number of nitrogens with one attached hydrogen (secondary N) is 3. The smallest absolute Gasteiger partial charge is 0.381 e. The first-order valence-electron chi connectivity index (χ1n) is 19.6. The molecule has 0 aliphatic heterocycles. The fraction of sp³-hybridized carbons (Fsp3) is 0.892. The molecule has 3 amide bonds. The average molecular weight is 766 g/mol. The van der Waals surface area contributed by atoms with E-state index in [2.05, 4.69) is 29.8 Å². The van der Waals surface area contributed by atoms with Crippen LogP contribution in [0.4, 0.5) is 0 Å². The lowest BCUT2D eigenvalue weighted by atomic mass is 10.1. The van der Waals surface area contributed by atoms with Crippen LogP contribution in [0.1, 0.15) is 156 Å². The number of amides is 3. The van der Waals surface area contributed by atoms with E-state index in [9.17, 15) is 23.8 Å². The number of hydrogen-bond donors (Lipinski definition) is 4. The first kappa shape index (κ1) is 51.9. The zero-order valence-electron chi connectivity index (χ0n) is 32.9. The number of carbonyl (C=O) groups excluding carboxylic acids is 5. The van der Waals surface area contributed by atoms with E-state index >= 15 is 0 Å². The number of phosphoric ester groups is 1. The van der Waals surface area contributed by atoms with Gasteiger partial charge in [0, 0.05) is 33.6 Å². The van der Waals surface area contributed by atoms with Gasteiger partial charge in [-0.2, -0.15) is 9.59 Å². The van der Waals surface area contributed by atoms with Crippen LogP contribution in [-0.4, -0.2) is 87.0 Å². The van der Waals surface area contributed by atoms with Gasteiger partial charge in [0.15, 0.2) is 0 Å². The van der Waals surface area contributed by atoms with Gasteiger partial charge in [-0.15, -0.1) is 0 Å². The molecule has 0 saturated heterocycles. The summed E-state index contributed by atoms with van der Waals surface area (Å²) in [7, 11) is -2.77. The highest BCUT2D eigenvalue weighted by atomic mass is 31.2. The molecule has 0 aromatic heterocycles. The number of rotatable bonds is 35. The third-order valence-corrected chi connectivity index (χ3v) is 9.42. The van der Waals surface area contributed by atoms with Crippen LogP contribution in [0.2, 0.25) is 0 Å². The van der Waals surface area contributed by atoms with Gasteiger partial charge in [0.05, 0.1) is 32.0 Å². The van der Waals surface area contributed by atoms with E-state index in [-0.39, 0.29) is 50.4 Å².